The summed E-state index contributed by atoms with van der Waals surface area (Å²) in [5.41, 5.74) is 2.05. The molecule has 7 nitrogen and oxygen atoms in total. The van der Waals surface area contributed by atoms with E-state index in [0.29, 0.717) is 24.0 Å². The lowest BCUT2D eigenvalue weighted by Gasteiger charge is -2.31. The van der Waals surface area contributed by atoms with Gasteiger partial charge in [0.2, 0.25) is 0 Å². The van der Waals surface area contributed by atoms with Crippen LogP contribution in [0.15, 0.2) is 48.5 Å². The van der Waals surface area contributed by atoms with E-state index >= 15 is 0 Å². The van der Waals surface area contributed by atoms with E-state index in [1.165, 1.54) is 12.7 Å². The minimum atomic E-state index is -0.609. The first kappa shape index (κ1) is 23.6. The van der Waals surface area contributed by atoms with Gasteiger partial charge in [-0.1, -0.05) is 36.4 Å². The third-order valence-electron chi connectivity index (χ3n) is 5.57. The SMILES string of the molecule is COc1ccc(COC(=O)CC(=O)OCC2CCN(Cc3ccccc3)CC2)cc1OC. The second kappa shape index (κ2) is 12.1. The molecule has 172 valence electrons. The average Bonchev–Trinajstić information content (AvgIpc) is 2.82. The second-order valence-corrected chi connectivity index (χ2v) is 7.91. The van der Waals surface area contributed by atoms with Crippen molar-refractivity contribution in [1.29, 1.82) is 0 Å². The zero-order valence-electron chi connectivity index (χ0n) is 18.7. The molecule has 2 aromatic rings. The lowest BCUT2D eigenvalue weighted by molar-refractivity contribution is -0.156. The first-order valence-electron chi connectivity index (χ1n) is 10.9. The lowest BCUT2D eigenvalue weighted by Crippen LogP contribution is -2.35. The predicted molar refractivity (Wildman–Crippen MR) is 119 cm³/mol. The molecule has 7 heteroatoms. The van der Waals surface area contributed by atoms with Crippen LogP contribution in [-0.4, -0.2) is 50.8 Å². The third kappa shape index (κ3) is 7.27. The fourth-order valence-corrected chi connectivity index (χ4v) is 3.72. The Balaban J connectivity index is 1.32. The van der Waals surface area contributed by atoms with E-state index < -0.39 is 11.9 Å². The Bertz CT molecular complexity index is 877. The van der Waals surface area contributed by atoms with Crippen LogP contribution in [0.25, 0.3) is 0 Å². The molecule has 32 heavy (non-hydrogen) atoms. The van der Waals surface area contributed by atoms with Crippen molar-refractivity contribution in [2.45, 2.75) is 32.4 Å². The molecule has 0 saturated carbocycles. The molecular weight excluding hydrogens is 410 g/mol. The zero-order valence-corrected chi connectivity index (χ0v) is 18.7. The number of ether oxygens (including phenoxy) is 4. The van der Waals surface area contributed by atoms with E-state index in [-0.39, 0.29) is 13.0 Å². The summed E-state index contributed by atoms with van der Waals surface area (Å²) in [6, 6.07) is 15.7. The van der Waals surface area contributed by atoms with Gasteiger partial charge in [-0.2, -0.15) is 0 Å². The Morgan fingerprint density at radius 1 is 0.875 bits per heavy atom. The first-order chi connectivity index (χ1) is 15.6. The van der Waals surface area contributed by atoms with Crippen molar-refractivity contribution in [3.05, 3.63) is 59.7 Å². The van der Waals surface area contributed by atoms with Crippen LogP contribution < -0.4 is 9.47 Å². The smallest absolute Gasteiger partial charge is 0.317 e. The number of nitrogens with zero attached hydrogens (tertiary/aromatic N) is 1. The molecule has 1 aliphatic rings. The first-order valence-corrected chi connectivity index (χ1v) is 10.9. The van der Waals surface area contributed by atoms with Crippen LogP contribution in [0.3, 0.4) is 0 Å². The van der Waals surface area contributed by atoms with Gasteiger partial charge < -0.3 is 18.9 Å². The van der Waals surface area contributed by atoms with Gasteiger partial charge in [0.05, 0.1) is 20.8 Å². The van der Waals surface area contributed by atoms with Gasteiger partial charge in [-0.05, 0) is 55.1 Å². The zero-order chi connectivity index (χ0) is 22.8. The van der Waals surface area contributed by atoms with E-state index in [9.17, 15) is 9.59 Å². The Morgan fingerprint density at radius 3 is 2.25 bits per heavy atom. The molecule has 0 unspecified atom stereocenters. The molecule has 0 aliphatic carbocycles. The number of benzene rings is 2. The van der Waals surface area contributed by atoms with Crippen molar-refractivity contribution in [2.24, 2.45) is 5.92 Å². The van der Waals surface area contributed by atoms with Gasteiger partial charge in [0.15, 0.2) is 11.5 Å². The van der Waals surface area contributed by atoms with Crippen LogP contribution >= 0.6 is 0 Å². The summed E-state index contributed by atoms with van der Waals surface area (Å²) in [6.45, 7) is 3.29. The van der Waals surface area contributed by atoms with E-state index in [4.69, 9.17) is 18.9 Å². The van der Waals surface area contributed by atoms with Gasteiger partial charge in [0, 0.05) is 6.54 Å². The van der Waals surface area contributed by atoms with Gasteiger partial charge in [0.25, 0.3) is 0 Å². The van der Waals surface area contributed by atoms with Gasteiger partial charge in [-0.3, -0.25) is 14.5 Å². The van der Waals surface area contributed by atoms with E-state index in [1.807, 2.05) is 6.07 Å². The molecule has 1 saturated heterocycles. The Kier molecular flexibility index (Phi) is 8.92. The summed E-state index contributed by atoms with van der Waals surface area (Å²) in [5.74, 6) is 0.317. The molecule has 0 spiro atoms. The molecule has 0 amide bonds. The quantitative estimate of drug-likeness (QED) is 0.412. The van der Waals surface area contributed by atoms with Crippen molar-refractivity contribution in [1.82, 2.24) is 4.90 Å². The van der Waals surface area contributed by atoms with Crippen molar-refractivity contribution >= 4 is 11.9 Å². The lowest BCUT2D eigenvalue weighted by atomic mass is 9.97. The molecule has 3 rings (SSSR count). The fraction of sp³-hybridized carbons (Fsp3) is 0.440. The average molecular weight is 442 g/mol. The summed E-state index contributed by atoms with van der Waals surface area (Å²) in [4.78, 5) is 26.4. The van der Waals surface area contributed by atoms with Crippen LogP contribution in [0.2, 0.25) is 0 Å². The molecule has 2 aromatic carbocycles. The molecular formula is C25H31NO6. The van der Waals surface area contributed by atoms with Crippen molar-refractivity contribution < 1.29 is 28.5 Å². The number of hydrogen-bond donors (Lipinski definition) is 0. The Morgan fingerprint density at radius 2 is 1.56 bits per heavy atom. The highest BCUT2D eigenvalue weighted by Gasteiger charge is 2.21. The fourth-order valence-electron chi connectivity index (χ4n) is 3.72. The summed E-state index contributed by atoms with van der Waals surface area (Å²) in [7, 11) is 3.09. The highest BCUT2D eigenvalue weighted by atomic mass is 16.6. The molecule has 0 N–H and O–H groups in total. The van der Waals surface area contributed by atoms with Gasteiger partial charge >= 0.3 is 11.9 Å². The van der Waals surface area contributed by atoms with Crippen LogP contribution in [0, 0.1) is 5.92 Å². The number of rotatable bonds is 10. The minimum absolute atomic E-state index is 0.0480. The number of likely N-dealkylation sites (tertiary alicyclic amines) is 1. The standard InChI is InChI=1S/C25H31NO6/c1-29-22-9-8-21(14-23(22)30-2)18-32-25(28)15-24(27)31-17-20-10-12-26(13-11-20)16-19-6-4-3-5-7-19/h3-9,14,20H,10-13,15-18H2,1-2H3. The van der Waals surface area contributed by atoms with Crippen LogP contribution in [0.5, 0.6) is 11.5 Å². The number of esters is 2. The number of piperidine rings is 1. The van der Waals surface area contributed by atoms with E-state index in [0.717, 1.165) is 38.0 Å². The molecule has 0 atom stereocenters. The van der Waals surface area contributed by atoms with Crippen LogP contribution in [0.1, 0.15) is 30.4 Å². The van der Waals surface area contributed by atoms with Crippen LogP contribution in [-0.2, 0) is 32.2 Å². The van der Waals surface area contributed by atoms with Gasteiger partial charge in [0.1, 0.15) is 13.0 Å². The van der Waals surface area contributed by atoms with Crippen molar-refractivity contribution in [3.63, 3.8) is 0 Å². The predicted octanol–water partition coefficient (Wildman–Crippen LogP) is 3.59. The molecule has 0 aromatic heterocycles. The van der Waals surface area contributed by atoms with Crippen LogP contribution in [0.4, 0.5) is 0 Å². The molecule has 1 aliphatic heterocycles. The summed E-state index contributed by atoms with van der Waals surface area (Å²) < 4.78 is 20.9. The number of methoxy groups -OCH3 is 2. The summed E-state index contributed by atoms with van der Waals surface area (Å²) in [5, 5.41) is 0. The maximum atomic E-state index is 12.0. The highest BCUT2D eigenvalue weighted by molar-refractivity contribution is 5.91. The van der Waals surface area contributed by atoms with Gasteiger partial charge in [-0.15, -0.1) is 0 Å². The topological polar surface area (TPSA) is 74.3 Å². The Labute approximate surface area is 189 Å². The number of carbonyl (C=O) groups is 2. The number of hydrogen-bond acceptors (Lipinski definition) is 7. The second-order valence-electron chi connectivity index (χ2n) is 7.91. The minimum Gasteiger partial charge on any atom is -0.493 e. The maximum Gasteiger partial charge on any atom is 0.317 e. The van der Waals surface area contributed by atoms with E-state index in [1.54, 1.807) is 25.3 Å². The van der Waals surface area contributed by atoms with Gasteiger partial charge in [-0.25, -0.2) is 0 Å². The largest absolute Gasteiger partial charge is 0.493 e. The summed E-state index contributed by atoms with van der Waals surface area (Å²) >= 11 is 0. The highest BCUT2D eigenvalue weighted by Crippen LogP contribution is 2.27. The van der Waals surface area contributed by atoms with Crippen molar-refractivity contribution in [2.75, 3.05) is 33.9 Å². The molecule has 0 bridgehead atoms. The molecule has 1 fully saturated rings. The Hall–Kier alpha value is -3.06. The monoisotopic (exact) mass is 441 g/mol. The molecule has 1 heterocycles. The summed E-state index contributed by atoms with van der Waals surface area (Å²) in [6.07, 6.45) is 1.56. The third-order valence-corrected chi connectivity index (χ3v) is 5.57. The normalized spacial score (nSPS) is 14.6. The number of carbonyl (C=O) groups excluding carboxylic acids is 2. The molecule has 0 radical (unpaired) electrons. The maximum absolute atomic E-state index is 12.0. The van der Waals surface area contributed by atoms with E-state index in [2.05, 4.69) is 29.2 Å². The van der Waals surface area contributed by atoms with Crippen molar-refractivity contribution in [3.8, 4) is 11.5 Å².